The fourth-order valence-corrected chi connectivity index (χ4v) is 1.12. The molecule has 0 radical (unpaired) electrons. The maximum atomic E-state index is 5.55. The third-order valence-corrected chi connectivity index (χ3v) is 1.79. The van der Waals surface area contributed by atoms with E-state index in [9.17, 15) is 0 Å². The molecule has 0 saturated carbocycles. The van der Waals surface area contributed by atoms with Crippen LogP contribution in [0.4, 0.5) is 5.95 Å². The van der Waals surface area contributed by atoms with Crippen LogP contribution in [-0.2, 0) is 6.42 Å². The molecule has 0 aliphatic rings. The first-order chi connectivity index (χ1) is 6.79. The van der Waals surface area contributed by atoms with Gasteiger partial charge in [-0.05, 0) is 6.07 Å². The number of aromatic nitrogens is 3. The van der Waals surface area contributed by atoms with Gasteiger partial charge in [-0.2, -0.15) is 9.97 Å². The molecular weight excluding hydrogens is 180 g/mol. The van der Waals surface area contributed by atoms with Crippen molar-refractivity contribution in [2.45, 2.75) is 13.3 Å². The molecule has 0 bridgehead atoms. The zero-order valence-corrected chi connectivity index (χ0v) is 7.77. The molecule has 2 aromatic rings. The number of furan rings is 1. The van der Waals surface area contributed by atoms with E-state index in [2.05, 4.69) is 15.0 Å². The highest BCUT2D eigenvalue weighted by Crippen LogP contribution is 2.15. The lowest BCUT2D eigenvalue weighted by Gasteiger charge is -2.00. The third-order valence-electron chi connectivity index (χ3n) is 1.79. The summed E-state index contributed by atoms with van der Waals surface area (Å²) < 4.78 is 4.94. The highest BCUT2D eigenvalue weighted by molar-refractivity contribution is 5.53. The number of hydrogen-bond donors (Lipinski definition) is 1. The first-order valence-electron chi connectivity index (χ1n) is 4.32. The minimum Gasteiger partial charge on any atom is -0.472 e. The van der Waals surface area contributed by atoms with Crippen molar-refractivity contribution < 1.29 is 4.42 Å². The Hall–Kier alpha value is -1.91. The fraction of sp³-hybridized carbons (Fsp3) is 0.222. The Labute approximate surface area is 81.0 Å². The van der Waals surface area contributed by atoms with Crippen LogP contribution >= 0.6 is 0 Å². The average Bonchev–Trinajstić information content (AvgIpc) is 2.69. The molecule has 0 aliphatic carbocycles. The van der Waals surface area contributed by atoms with Gasteiger partial charge >= 0.3 is 0 Å². The van der Waals surface area contributed by atoms with Crippen molar-refractivity contribution in [1.29, 1.82) is 0 Å². The lowest BCUT2D eigenvalue weighted by atomic mass is 10.3. The molecule has 2 rings (SSSR count). The van der Waals surface area contributed by atoms with E-state index in [1.165, 1.54) is 0 Å². The molecule has 0 spiro atoms. The van der Waals surface area contributed by atoms with Crippen LogP contribution in [-0.4, -0.2) is 15.0 Å². The van der Waals surface area contributed by atoms with Crippen molar-refractivity contribution in [3.63, 3.8) is 0 Å². The van der Waals surface area contributed by atoms with Gasteiger partial charge in [0.2, 0.25) is 5.95 Å². The Morgan fingerprint density at radius 2 is 2.21 bits per heavy atom. The van der Waals surface area contributed by atoms with E-state index in [1.54, 1.807) is 18.6 Å². The molecule has 0 saturated heterocycles. The average molecular weight is 190 g/mol. The predicted octanol–water partition coefficient (Wildman–Crippen LogP) is 1.28. The number of hydrogen-bond acceptors (Lipinski definition) is 5. The van der Waals surface area contributed by atoms with E-state index in [4.69, 9.17) is 10.2 Å². The summed E-state index contributed by atoms with van der Waals surface area (Å²) in [5.41, 5.74) is 6.36. The second-order valence-electron chi connectivity index (χ2n) is 2.80. The topological polar surface area (TPSA) is 77.8 Å². The van der Waals surface area contributed by atoms with Gasteiger partial charge in [-0.3, -0.25) is 0 Å². The summed E-state index contributed by atoms with van der Waals surface area (Å²) in [6.45, 7) is 1.97. The van der Waals surface area contributed by atoms with E-state index < -0.39 is 0 Å². The zero-order valence-electron chi connectivity index (χ0n) is 7.77. The Balaban J connectivity index is 2.48. The van der Waals surface area contributed by atoms with E-state index >= 15 is 0 Å². The van der Waals surface area contributed by atoms with Crippen molar-refractivity contribution in [3.05, 3.63) is 24.4 Å². The largest absolute Gasteiger partial charge is 0.472 e. The van der Waals surface area contributed by atoms with Crippen molar-refractivity contribution in [2.24, 2.45) is 0 Å². The van der Waals surface area contributed by atoms with Crippen molar-refractivity contribution in [1.82, 2.24) is 15.0 Å². The third kappa shape index (κ3) is 1.56. The summed E-state index contributed by atoms with van der Waals surface area (Å²) in [6.07, 6.45) is 3.88. The molecule has 14 heavy (non-hydrogen) atoms. The number of nitrogen functional groups attached to an aromatic ring is 1. The normalized spacial score (nSPS) is 10.4. The second kappa shape index (κ2) is 3.45. The van der Waals surface area contributed by atoms with Crippen LogP contribution in [0.25, 0.3) is 11.4 Å². The number of aryl methyl sites for hydroxylation is 1. The van der Waals surface area contributed by atoms with Gasteiger partial charge in [-0.25, -0.2) is 4.98 Å². The quantitative estimate of drug-likeness (QED) is 0.771. The summed E-state index contributed by atoms with van der Waals surface area (Å²) in [6, 6.07) is 1.79. The van der Waals surface area contributed by atoms with Gasteiger partial charge in [0.1, 0.15) is 12.1 Å². The molecule has 0 aliphatic heterocycles. The van der Waals surface area contributed by atoms with Gasteiger partial charge in [0.15, 0.2) is 5.82 Å². The number of anilines is 1. The summed E-state index contributed by atoms with van der Waals surface area (Å²) in [5.74, 6) is 1.49. The van der Waals surface area contributed by atoms with E-state index in [0.29, 0.717) is 11.6 Å². The monoisotopic (exact) mass is 190 g/mol. The highest BCUT2D eigenvalue weighted by Gasteiger charge is 2.06. The lowest BCUT2D eigenvalue weighted by Crippen LogP contribution is -2.03. The number of rotatable bonds is 2. The molecule has 0 aromatic carbocycles. The van der Waals surface area contributed by atoms with Gasteiger partial charge in [0, 0.05) is 6.42 Å². The van der Waals surface area contributed by atoms with Crippen LogP contribution in [0.1, 0.15) is 12.7 Å². The second-order valence-corrected chi connectivity index (χ2v) is 2.80. The molecule has 2 heterocycles. The maximum Gasteiger partial charge on any atom is 0.223 e. The van der Waals surface area contributed by atoms with Gasteiger partial charge < -0.3 is 10.2 Å². The van der Waals surface area contributed by atoms with Crippen molar-refractivity contribution in [2.75, 3.05) is 5.73 Å². The summed E-state index contributed by atoms with van der Waals surface area (Å²) >= 11 is 0. The Kier molecular flexibility index (Phi) is 2.14. The lowest BCUT2D eigenvalue weighted by molar-refractivity contribution is 0.568. The highest BCUT2D eigenvalue weighted by atomic mass is 16.3. The standard InChI is InChI=1S/C9H10N4O/c1-2-7-11-8(13-9(10)12-7)6-3-4-14-5-6/h3-5H,2H2,1H3,(H2,10,11,12,13). The van der Waals surface area contributed by atoms with Crippen molar-refractivity contribution >= 4 is 5.95 Å². The summed E-state index contributed by atoms with van der Waals surface area (Å²) in [4.78, 5) is 12.2. The minimum absolute atomic E-state index is 0.244. The molecule has 5 nitrogen and oxygen atoms in total. The Morgan fingerprint density at radius 1 is 1.36 bits per heavy atom. The van der Waals surface area contributed by atoms with Gasteiger partial charge in [-0.1, -0.05) is 6.92 Å². The Morgan fingerprint density at radius 3 is 2.86 bits per heavy atom. The number of nitrogens with two attached hydrogens (primary N) is 1. The Bertz CT molecular complexity index is 424. The van der Waals surface area contributed by atoms with Gasteiger partial charge in [0.25, 0.3) is 0 Å². The molecule has 0 amide bonds. The molecule has 0 atom stereocenters. The van der Waals surface area contributed by atoms with Crippen molar-refractivity contribution in [3.8, 4) is 11.4 Å². The van der Waals surface area contributed by atoms with Crippen LogP contribution in [0, 0.1) is 0 Å². The first kappa shape index (κ1) is 8.68. The van der Waals surface area contributed by atoms with Crippen LogP contribution in [0.15, 0.2) is 23.0 Å². The molecule has 0 fully saturated rings. The van der Waals surface area contributed by atoms with E-state index in [-0.39, 0.29) is 5.95 Å². The molecule has 5 heteroatoms. The first-order valence-corrected chi connectivity index (χ1v) is 4.32. The summed E-state index contributed by atoms with van der Waals surface area (Å²) in [7, 11) is 0. The van der Waals surface area contributed by atoms with E-state index in [1.807, 2.05) is 6.92 Å². The fourth-order valence-electron chi connectivity index (χ4n) is 1.12. The molecular formula is C9H10N4O. The van der Waals surface area contributed by atoms with Gasteiger partial charge in [0.05, 0.1) is 11.8 Å². The van der Waals surface area contributed by atoms with Crippen LogP contribution in [0.2, 0.25) is 0 Å². The van der Waals surface area contributed by atoms with Crippen LogP contribution in [0.5, 0.6) is 0 Å². The van der Waals surface area contributed by atoms with Crippen LogP contribution in [0.3, 0.4) is 0 Å². The summed E-state index contributed by atoms with van der Waals surface area (Å²) in [5, 5.41) is 0. The minimum atomic E-state index is 0.244. The van der Waals surface area contributed by atoms with Crippen LogP contribution < -0.4 is 5.73 Å². The molecule has 72 valence electrons. The van der Waals surface area contributed by atoms with E-state index in [0.717, 1.165) is 12.0 Å². The number of nitrogens with zero attached hydrogens (tertiary/aromatic N) is 3. The maximum absolute atomic E-state index is 5.55. The molecule has 2 aromatic heterocycles. The SMILES string of the molecule is CCc1nc(N)nc(-c2ccoc2)n1. The van der Waals surface area contributed by atoms with Gasteiger partial charge in [-0.15, -0.1) is 0 Å². The molecule has 2 N–H and O–H groups in total. The molecule has 0 unspecified atom stereocenters. The predicted molar refractivity (Wildman–Crippen MR) is 51.3 cm³/mol. The smallest absolute Gasteiger partial charge is 0.223 e. The zero-order chi connectivity index (χ0) is 9.97.